The van der Waals surface area contributed by atoms with Gasteiger partial charge >= 0.3 is 0 Å². The molecule has 1 aromatic carbocycles. The second-order valence-corrected chi connectivity index (χ2v) is 4.31. The molecule has 0 aliphatic heterocycles. The quantitative estimate of drug-likeness (QED) is 0.814. The molecule has 84 valence electrons. The van der Waals surface area contributed by atoms with E-state index in [9.17, 15) is 0 Å². The minimum Gasteiger partial charge on any atom is -0.398 e. The molecule has 1 aromatic heterocycles. The van der Waals surface area contributed by atoms with Gasteiger partial charge in [0.05, 0.1) is 22.7 Å². The van der Waals surface area contributed by atoms with Crippen LogP contribution in [0.5, 0.6) is 0 Å². The Labute approximate surface area is 99.9 Å². The van der Waals surface area contributed by atoms with Gasteiger partial charge in [-0.25, -0.2) is 4.98 Å². The summed E-state index contributed by atoms with van der Waals surface area (Å²) in [4.78, 5) is 4.26. The van der Waals surface area contributed by atoms with Crippen LogP contribution in [0, 0.1) is 13.8 Å². The van der Waals surface area contributed by atoms with Crippen LogP contribution in [-0.2, 0) is 6.54 Å². The Bertz CT molecular complexity index is 517. The number of hydrogen-bond acceptors (Lipinski definition) is 2. The number of rotatable bonds is 2. The maximum atomic E-state index is 5.87. The number of aromatic nitrogens is 2. The number of hydrogen-bond donors (Lipinski definition) is 1. The molecule has 2 N–H and O–H groups in total. The molecule has 0 saturated carbocycles. The Kier molecular flexibility index (Phi) is 2.88. The van der Waals surface area contributed by atoms with Crippen molar-refractivity contribution in [2.24, 2.45) is 0 Å². The van der Waals surface area contributed by atoms with Crippen LogP contribution in [0.15, 0.2) is 24.5 Å². The van der Waals surface area contributed by atoms with Gasteiger partial charge in [-0.3, -0.25) is 0 Å². The van der Waals surface area contributed by atoms with Crippen molar-refractivity contribution in [1.82, 2.24) is 9.55 Å². The van der Waals surface area contributed by atoms with Gasteiger partial charge in [-0.1, -0.05) is 17.7 Å². The molecule has 0 amide bonds. The second kappa shape index (κ2) is 4.18. The highest BCUT2D eigenvalue weighted by Gasteiger charge is 2.04. The van der Waals surface area contributed by atoms with E-state index >= 15 is 0 Å². The summed E-state index contributed by atoms with van der Waals surface area (Å²) >= 11 is 5.87. The van der Waals surface area contributed by atoms with E-state index in [4.69, 9.17) is 17.3 Å². The first-order valence-electron chi connectivity index (χ1n) is 5.10. The molecular formula is C12H14ClN3. The number of imidazole rings is 1. The lowest BCUT2D eigenvalue weighted by Crippen LogP contribution is -2.01. The first kappa shape index (κ1) is 11.0. The predicted octanol–water partition coefficient (Wildman–Crippen LogP) is 2.78. The fourth-order valence-electron chi connectivity index (χ4n) is 1.59. The number of halogens is 1. The van der Waals surface area contributed by atoms with Gasteiger partial charge in [0.2, 0.25) is 0 Å². The summed E-state index contributed by atoms with van der Waals surface area (Å²) in [5.74, 6) is 0. The number of benzene rings is 1. The fraction of sp³-hybridized carbons (Fsp3) is 0.250. The molecular weight excluding hydrogens is 222 g/mol. The molecule has 4 heteroatoms. The Hall–Kier alpha value is -1.48. The first-order chi connectivity index (χ1) is 7.58. The minimum atomic E-state index is 0.599. The van der Waals surface area contributed by atoms with Crippen LogP contribution in [0.4, 0.5) is 5.69 Å². The van der Waals surface area contributed by atoms with Gasteiger partial charge in [-0.05, 0) is 31.5 Å². The van der Waals surface area contributed by atoms with Crippen LogP contribution >= 0.6 is 11.6 Å². The SMILES string of the molecule is Cc1ncn(Cc2ccc(Cl)c(N)c2)c1C. The standard InChI is InChI=1S/C12H14ClN3/c1-8-9(2)16(7-15-8)6-10-3-4-11(13)12(14)5-10/h3-5,7H,6,14H2,1-2H3. The lowest BCUT2D eigenvalue weighted by atomic mass is 10.2. The van der Waals surface area contributed by atoms with Crippen molar-refractivity contribution in [2.45, 2.75) is 20.4 Å². The fourth-order valence-corrected chi connectivity index (χ4v) is 1.71. The largest absolute Gasteiger partial charge is 0.398 e. The normalized spacial score (nSPS) is 10.7. The van der Waals surface area contributed by atoms with E-state index in [1.807, 2.05) is 31.5 Å². The molecule has 1 heterocycles. The zero-order chi connectivity index (χ0) is 11.7. The predicted molar refractivity (Wildman–Crippen MR) is 66.7 cm³/mol. The van der Waals surface area contributed by atoms with Gasteiger partial charge < -0.3 is 10.3 Å². The van der Waals surface area contributed by atoms with Gasteiger partial charge in [0.1, 0.15) is 0 Å². The summed E-state index contributed by atoms with van der Waals surface area (Å²) in [6, 6.07) is 5.70. The lowest BCUT2D eigenvalue weighted by Gasteiger charge is -2.07. The van der Waals surface area contributed by atoms with Crippen LogP contribution in [0.3, 0.4) is 0 Å². The first-order valence-corrected chi connectivity index (χ1v) is 5.48. The van der Waals surface area contributed by atoms with Crippen molar-refractivity contribution in [3.05, 3.63) is 46.5 Å². The maximum Gasteiger partial charge on any atom is 0.0954 e. The Balaban J connectivity index is 2.27. The molecule has 0 fully saturated rings. The van der Waals surface area contributed by atoms with Gasteiger partial charge in [-0.15, -0.1) is 0 Å². The van der Waals surface area contributed by atoms with Crippen molar-refractivity contribution >= 4 is 17.3 Å². The van der Waals surface area contributed by atoms with Crippen LogP contribution in [0.25, 0.3) is 0 Å². The Morgan fingerprint density at radius 1 is 1.38 bits per heavy atom. The second-order valence-electron chi connectivity index (χ2n) is 3.90. The lowest BCUT2D eigenvalue weighted by molar-refractivity contribution is 0.769. The van der Waals surface area contributed by atoms with Crippen molar-refractivity contribution in [2.75, 3.05) is 5.73 Å². The zero-order valence-corrected chi connectivity index (χ0v) is 10.1. The molecule has 2 aromatic rings. The van der Waals surface area contributed by atoms with E-state index in [1.54, 1.807) is 0 Å². The average Bonchev–Trinajstić information content (AvgIpc) is 2.55. The monoisotopic (exact) mass is 235 g/mol. The summed E-state index contributed by atoms with van der Waals surface area (Å²) in [6.07, 6.45) is 1.84. The summed E-state index contributed by atoms with van der Waals surface area (Å²) < 4.78 is 2.10. The number of anilines is 1. The summed E-state index contributed by atoms with van der Waals surface area (Å²) in [7, 11) is 0. The number of nitrogens with two attached hydrogens (primary N) is 1. The summed E-state index contributed by atoms with van der Waals surface area (Å²) in [6.45, 7) is 4.83. The summed E-state index contributed by atoms with van der Waals surface area (Å²) in [5, 5.41) is 0.599. The van der Waals surface area contributed by atoms with Gasteiger partial charge in [0.25, 0.3) is 0 Å². The third kappa shape index (κ3) is 2.04. The highest BCUT2D eigenvalue weighted by molar-refractivity contribution is 6.33. The topological polar surface area (TPSA) is 43.8 Å². The average molecular weight is 236 g/mol. The number of nitrogen functional groups attached to an aromatic ring is 1. The van der Waals surface area contributed by atoms with E-state index in [1.165, 1.54) is 5.69 Å². The molecule has 0 saturated heterocycles. The summed E-state index contributed by atoms with van der Waals surface area (Å²) in [5.41, 5.74) is 9.74. The molecule has 0 aliphatic rings. The molecule has 0 atom stereocenters. The Morgan fingerprint density at radius 2 is 2.12 bits per heavy atom. The van der Waals surface area contributed by atoms with Gasteiger partial charge in [-0.2, -0.15) is 0 Å². The van der Waals surface area contributed by atoms with Gasteiger partial charge in [0.15, 0.2) is 0 Å². The third-order valence-electron chi connectivity index (χ3n) is 2.76. The third-order valence-corrected chi connectivity index (χ3v) is 3.10. The number of nitrogens with zero attached hydrogens (tertiary/aromatic N) is 2. The van der Waals surface area contributed by atoms with Gasteiger partial charge in [0, 0.05) is 12.2 Å². The molecule has 0 radical (unpaired) electrons. The van der Waals surface area contributed by atoms with E-state index < -0.39 is 0 Å². The van der Waals surface area contributed by atoms with Crippen LogP contribution in [0.2, 0.25) is 5.02 Å². The molecule has 0 unspecified atom stereocenters. The molecule has 0 spiro atoms. The molecule has 3 nitrogen and oxygen atoms in total. The smallest absolute Gasteiger partial charge is 0.0954 e. The van der Waals surface area contributed by atoms with E-state index in [2.05, 4.69) is 16.5 Å². The Morgan fingerprint density at radius 3 is 2.69 bits per heavy atom. The van der Waals surface area contributed by atoms with Crippen molar-refractivity contribution < 1.29 is 0 Å². The van der Waals surface area contributed by atoms with Crippen LogP contribution < -0.4 is 5.73 Å². The molecule has 0 bridgehead atoms. The minimum absolute atomic E-state index is 0.599. The highest BCUT2D eigenvalue weighted by atomic mass is 35.5. The maximum absolute atomic E-state index is 5.87. The number of aryl methyl sites for hydroxylation is 1. The van der Waals surface area contributed by atoms with E-state index in [-0.39, 0.29) is 0 Å². The molecule has 2 rings (SSSR count). The molecule has 0 aliphatic carbocycles. The van der Waals surface area contributed by atoms with Crippen molar-refractivity contribution in [3.63, 3.8) is 0 Å². The zero-order valence-electron chi connectivity index (χ0n) is 9.37. The van der Waals surface area contributed by atoms with E-state index in [0.29, 0.717) is 10.7 Å². The highest BCUT2D eigenvalue weighted by Crippen LogP contribution is 2.20. The van der Waals surface area contributed by atoms with Crippen molar-refractivity contribution in [1.29, 1.82) is 0 Å². The van der Waals surface area contributed by atoms with Crippen molar-refractivity contribution in [3.8, 4) is 0 Å². The van der Waals surface area contributed by atoms with Crippen LogP contribution in [0.1, 0.15) is 17.0 Å². The molecule has 16 heavy (non-hydrogen) atoms. The van der Waals surface area contributed by atoms with Crippen LogP contribution in [-0.4, -0.2) is 9.55 Å². The van der Waals surface area contributed by atoms with E-state index in [0.717, 1.165) is 17.8 Å².